The van der Waals surface area contributed by atoms with Crippen LogP contribution in [0.1, 0.15) is 24.2 Å². The number of alkyl halides is 3. The summed E-state index contributed by atoms with van der Waals surface area (Å²) in [5.41, 5.74) is -0.168. The highest BCUT2D eigenvalue weighted by Gasteiger charge is 2.31. The molecule has 150 valence electrons. The molecule has 2 aromatic rings. The van der Waals surface area contributed by atoms with Crippen molar-refractivity contribution in [3.8, 4) is 5.75 Å². The molecule has 0 aliphatic heterocycles. The van der Waals surface area contributed by atoms with Crippen LogP contribution in [0.15, 0.2) is 48.5 Å². The van der Waals surface area contributed by atoms with Gasteiger partial charge in [-0.2, -0.15) is 0 Å². The van der Waals surface area contributed by atoms with E-state index in [4.69, 9.17) is 0 Å². The maximum absolute atomic E-state index is 13.8. The zero-order valence-corrected chi connectivity index (χ0v) is 15.0. The third-order valence-electron chi connectivity index (χ3n) is 3.69. The van der Waals surface area contributed by atoms with E-state index in [9.17, 15) is 27.2 Å². The monoisotopic (exact) mass is 398 g/mol. The maximum atomic E-state index is 13.8. The summed E-state index contributed by atoms with van der Waals surface area (Å²) in [6.45, 7) is 3.32. The first-order chi connectivity index (χ1) is 13.1. The van der Waals surface area contributed by atoms with Crippen molar-refractivity contribution in [2.24, 2.45) is 5.92 Å². The van der Waals surface area contributed by atoms with Gasteiger partial charge in [-0.3, -0.25) is 9.59 Å². The number of carbonyl (C=O) groups is 2. The molecule has 0 saturated heterocycles. The number of ether oxygens (including phenoxy) is 1. The van der Waals surface area contributed by atoms with Crippen LogP contribution in [-0.4, -0.2) is 24.2 Å². The number of benzene rings is 2. The van der Waals surface area contributed by atoms with E-state index in [-0.39, 0.29) is 17.2 Å². The number of amides is 2. The largest absolute Gasteiger partial charge is 0.573 e. The molecule has 28 heavy (non-hydrogen) atoms. The molecule has 2 N–H and O–H groups in total. The number of nitrogens with one attached hydrogen (secondary N) is 2. The average Bonchev–Trinajstić information content (AvgIpc) is 2.58. The Hall–Kier alpha value is -3.10. The van der Waals surface area contributed by atoms with Crippen LogP contribution >= 0.6 is 0 Å². The lowest BCUT2D eigenvalue weighted by atomic mass is 10.0. The van der Waals surface area contributed by atoms with E-state index in [1.807, 2.05) is 0 Å². The molecular formula is C19H18F4N2O3. The minimum Gasteiger partial charge on any atom is -0.406 e. The van der Waals surface area contributed by atoms with E-state index in [2.05, 4.69) is 15.4 Å². The normalized spacial score (nSPS) is 12.4. The van der Waals surface area contributed by atoms with Gasteiger partial charge in [-0.05, 0) is 30.2 Å². The molecule has 9 heteroatoms. The second kappa shape index (κ2) is 8.73. The summed E-state index contributed by atoms with van der Waals surface area (Å²) in [6, 6.07) is 8.99. The summed E-state index contributed by atoms with van der Waals surface area (Å²) in [4.78, 5) is 24.8. The molecule has 0 aliphatic rings. The van der Waals surface area contributed by atoms with Gasteiger partial charge in [-0.15, -0.1) is 13.2 Å². The number of hydrogen-bond donors (Lipinski definition) is 2. The predicted molar refractivity (Wildman–Crippen MR) is 94.2 cm³/mol. The topological polar surface area (TPSA) is 67.4 Å². The first-order valence-electron chi connectivity index (χ1n) is 8.29. The van der Waals surface area contributed by atoms with E-state index >= 15 is 0 Å². The standard InChI is InChI=1S/C19H18F4N2O3/c1-11(2)16(25-17(26)14-8-3-4-9-15(14)20)18(27)24-12-6-5-7-13(10-12)28-19(21,22)23/h3-11,16H,1-2H3,(H,24,27)(H,25,26). The lowest BCUT2D eigenvalue weighted by molar-refractivity contribution is -0.274. The summed E-state index contributed by atoms with van der Waals surface area (Å²) in [6.07, 6.45) is -4.86. The Balaban J connectivity index is 2.12. The van der Waals surface area contributed by atoms with Crippen molar-refractivity contribution in [2.75, 3.05) is 5.32 Å². The van der Waals surface area contributed by atoms with Crippen LogP contribution in [0.25, 0.3) is 0 Å². The Bertz CT molecular complexity index is 853. The van der Waals surface area contributed by atoms with Gasteiger partial charge in [-0.25, -0.2) is 4.39 Å². The predicted octanol–water partition coefficient (Wildman–Crippen LogP) is 4.12. The second-order valence-electron chi connectivity index (χ2n) is 6.24. The molecule has 0 heterocycles. The SMILES string of the molecule is CC(C)C(NC(=O)c1ccccc1F)C(=O)Nc1cccc(OC(F)(F)F)c1. The van der Waals surface area contributed by atoms with Crippen LogP contribution in [-0.2, 0) is 4.79 Å². The van der Waals surface area contributed by atoms with E-state index < -0.39 is 35.8 Å². The number of carbonyl (C=O) groups excluding carboxylic acids is 2. The Morgan fingerprint density at radius 3 is 2.32 bits per heavy atom. The van der Waals surface area contributed by atoms with Crippen molar-refractivity contribution in [3.05, 3.63) is 59.9 Å². The van der Waals surface area contributed by atoms with Gasteiger partial charge in [0.1, 0.15) is 17.6 Å². The Morgan fingerprint density at radius 2 is 1.71 bits per heavy atom. The lowest BCUT2D eigenvalue weighted by Crippen LogP contribution is -2.47. The number of rotatable bonds is 6. The van der Waals surface area contributed by atoms with Crippen LogP contribution in [0.3, 0.4) is 0 Å². The third-order valence-corrected chi connectivity index (χ3v) is 3.69. The molecule has 1 atom stereocenters. The molecule has 0 fully saturated rings. The van der Waals surface area contributed by atoms with Crippen molar-refractivity contribution in [1.82, 2.24) is 5.32 Å². The Labute approximate surface area is 158 Å². The van der Waals surface area contributed by atoms with Crippen LogP contribution in [0.2, 0.25) is 0 Å². The van der Waals surface area contributed by atoms with Crippen molar-refractivity contribution in [1.29, 1.82) is 0 Å². The van der Waals surface area contributed by atoms with Gasteiger partial charge in [0.15, 0.2) is 0 Å². The summed E-state index contributed by atoms with van der Waals surface area (Å²) in [5, 5.41) is 4.87. The summed E-state index contributed by atoms with van der Waals surface area (Å²) >= 11 is 0. The highest BCUT2D eigenvalue weighted by Crippen LogP contribution is 2.25. The zero-order valence-electron chi connectivity index (χ0n) is 15.0. The number of halogens is 4. The minimum absolute atomic E-state index is 0.0533. The van der Waals surface area contributed by atoms with Gasteiger partial charge < -0.3 is 15.4 Å². The maximum Gasteiger partial charge on any atom is 0.573 e. The van der Waals surface area contributed by atoms with Crippen molar-refractivity contribution >= 4 is 17.5 Å². The van der Waals surface area contributed by atoms with Gasteiger partial charge in [0.25, 0.3) is 5.91 Å². The number of hydrogen-bond acceptors (Lipinski definition) is 3. The fourth-order valence-electron chi connectivity index (χ4n) is 2.39. The van der Waals surface area contributed by atoms with Gasteiger partial charge in [0.05, 0.1) is 5.56 Å². The molecule has 0 aliphatic carbocycles. The molecule has 1 unspecified atom stereocenters. The van der Waals surface area contributed by atoms with Crippen molar-refractivity contribution in [2.45, 2.75) is 26.3 Å². The summed E-state index contributed by atoms with van der Waals surface area (Å²) < 4.78 is 54.5. The second-order valence-corrected chi connectivity index (χ2v) is 6.24. The smallest absolute Gasteiger partial charge is 0.406 e. The Morgan fingerprint density at radius 1 is 1.04 bits per heavy atom. The van der Waals surface area contributed by atoms with Crippen LogP contribution < -0.4 is 15.4 Å². The fourth-order valence-corrected chi connectivity index (χ4v) is 2.39. The molecule has 0 aromatic heterocycles. The quantitative estimate of drug-likeness (QED) is 0.720. The first-order valence-corrected chi connectivity index (χ1v) is 8.29. The molecule has 0 radical (unpaired) electrons. The summed E-state index contributed by atoms with van der Waals surface area (Å²) in [5.74, 6) is -3.04. The molecular weight excluding hydrogens is 380 g/mol. The molecule has 5 nitrogen and oxygen atoms in total. The highest BCUT2D eigenvalue weighted by molar-refractivity contribution is 6.01. The van der Waals surface area contributed by atoms with Crippen molar-refractivity contribution < 1.29 is 31.9 Å². The van der Waals surface area contributed by atoms with E-state index in [1.165, 1.54) is 30.3 Å². The van der Waals surface area contributed by atoms with E-state index in [0.717, 1.165) is 18.2 Å². The lowest BCUT2D eigenvalue weighted by Gasteiger charge is -2.22. The molecule has 0 saturated carbocycles. The van der Waals surface area contributed by atoms with Crippen LogP contribution in [0, 0.1) is 11.7 Å². The molecule has 0 spiro atoms. The van der Waals surface area contributed by atoms with Crippen molar-refractivity contribution in [3.63, 3.8) is 0 Å². The number of anilines is 1. The first kappa shape index (κ1) is 21.2. The zero-order chi connectivity index (χ0) is 20.9. The molecule has 0 bridgehead atoms. The van der Waals surface area contributed by atoms with E-state index in [0.29, 0.717) is 0 Å². The van der Waals surface area contributed by atoms with Gasteiger partial charge in [0.2, 0.25) is 5.91 Å². The minimum atomic E-state index is -4.86. The molecule has 2 aromatic carbocycles. The van der Waals surface area contributed by atoms with E-state index in [1.54, 1.807) is 13.8 Å². The van der Waals surface area contributed by atoms with Gasteiger partial charge in [0, 0.05) is 11.8 Å². The molecule has 2 amide bonds. The molecule has 2 rings (SSSR count). The highest BCUT2D eigenvalue weighted by atomic mass is 19.4. The van der Waals surface area contributed by atoms with Gasteiger partial charge in [-0.1, -0.05) is 32.0 Å². The Kier molecular flexibility index (Phi) is 6.61. The van der Waals surface area contributed by atoms with Gasteiger partial charge >= 0.3 is 6.36 Å². The van der Waals surface area contributed by atoms with Crippen LogP contribution in [0.5, 0.6) is 5.75 Å². The third kappa shape index (κ3) is 5.97. The van der Waals surface area contributed by atoms with Crippen LogP contribution in [0.4, 0.5) is 23.2 Å². The average molecular weight is 398 g/mol. The summed E-state index contributed by atoms with van der Waals surface area (Å²) in [7, 11) is 0. The fraction of sp³-hybridized carbons (Fsp3) is 0.263.